The van der Waals surface area contributed by atoms with Crippen LogP contribution in [0.3, 0.4) is 0 Å². The highest BCUT2D eigenvalue weighted by Gasteiger charge is 2.31. The lowest BCUT2D eigenvalue weighted by Gasteiger charge is -2.04. The Labute approximate surface area is 83.9 Å². The van der Waals surface area contributed by atoms with Gasteiger partial charge in [-0.3, -0.25) is 0 Å². The number of aromatic amines is 1. The van der Waals surface area contributed by atoms with Gasteiger partial charge < -0.3 is 9.72 Å². The number of halogens is 3. The van der Waals surface area contributed by atoms with Crippen molar-refractivity contribution in [3.05, 3.63) is 36.1 Å². The fourth-order valence-electron chi connectivity index (χ4n) is 0.834. The zero-order valence-corrected chi connectivity index (χ0v) is 7.93. The van der Waals surface area contributed by atoms with Crippen molar-refractivity contribution in [3.8, 4) is 5.75 Å². The van der Waals surface area contributed by atoms with Gasteiger partial charge in [-0.2, -0.15) is 13.2 Å². The molecule has 1 aromatic rings. The molecular formula is C9H9F3N2O. The second-order valence-corrected chi connectivity index (χ2v) is 2.67. The number of ether oxygens (including phenoxy) is 1. The minimum Gasteiger partial charge on any atom is -0.497 e. The Bertz CT molecular complexity index is 420. The highest BCUT2D eigenvalue weighted by Crippen LogP contribution is 2.24. The van der Waals surface area contributed by atoms with Crippen molar-refractivity contribution >= 4 is 0 Å². The van der Waals surface area contributed by atoms with Crippen molar-refractivity contribution in [2.75, 3.05) is 7.11 Å². The van der Waals surface area contributed by atoms with Gasteiger partial charge in [0.1, 0.15) is 16.9 Å². The summed E-state index contributed by atoms with van der Waals surface area (Å²) in [5.74, 6) is 0.419. The second kappa shape index (κ2) is 4.20. The largest absolute Gasteiger partial charge is 0.497 e. The predicted molar refractivity (Wildman–Crippen MR) is 48.1 cm³/mol. The molecule has 1 rings (SSSR count). The van der Waals surface area contributed by atoms with E-state index < -0.39 is 11.9 Å². The zero-order valence-electron chi connectivity index (χ0n) is 7.93. The molecule has 0 aliphatic heterocycles. The molecule has 0 aromatic carbocycles. The molecule has 82 valence electrons. The Morgan fingerprint density at radius 2 is 2.20 bits per heavy atom. The van der Waals surface area contributed by atoms with E-state index in [9.17, 15) is 13.2 Å². The number of nitrogens with one attached hydrogen (secondary N) is 1. The van der Waals surface area contributed by atoms with Gasteiger partial charge >= 0.3 is 6.18 Å². The van der Waals surface area contributed by atoms with Crippen LogP contribution in [0.2, 0.25) is 0 Å². The summed E-state index contributed by atoms with van der Waals surface area (Å²) in [7, 11) is 1.41. The Kier molecular flexibility index (Phi) is 3.18. The summed E-state index contributed by atoms with van der Waals surface area (Å²) in [6, 6.07) is 2.91. The normalized spacial score (nSPS) is 12.7. The fourth-order valence-corrected chi connectivity index (χ4v) is 0.834. The maximum Gasteiger partial charge on any atom is 0.432 e. The lowest BCUT2D eigenvalue weighted by atomic mass is 10.4. The number of alkyl halides is 3. The maximum absolute atomic E-state index is 12.1. The van der Waals surface area contributed by atoms with Crippen LogP contribution < -0.4 is 10.2 Å². The molecule has 0 saturated carbocycles. The number of hydrogen-bond donors (Lipinski definition) is 1. The average molecular weight is 218 g/mol. The minimum atomic E-state index is -4.52. The van der Waals surface area contributed by atoms with Crippen LogP contribution in [-0.4, -0.2) is 18.3 Å². The van der Waals surface area contributed by atoms with Gasteiger partial charge in [0.05, 0.1) is 7.11 Å². The van der Waals surface area contributed by atoms with E-state index in [4.69, 9.17) is 4.74 Å². The zero-order chi connectivity index (χ0) is 11.5. The Morgan fingerprint density at radius 1 is 1.53 bits per heavy atom. The third-order valence-electron chi connectivity index (χ3n) is 1.58. The number of aromatic nitrogens is 1. The first kappa shape index (κ1) is 11.4. The molecule has 0 aliphatic rings. The standard InChI is InChI=1S/C9H9F3N2O/c1-6(9(10,11)12)14-8-5-7(15-2)3-4-13-8/h3-5H,1H2,2H3,(H,13,14). The highest BCUT2D eigenvalue weighted by molar-refractivity contribution is 5.17. The van der Waals surface area contributed by atoms with Crippen molar-refractivity contribution in [2.24, 2.45) is 4.99 Å². The van der Waals surface area contributed by atoms with Gasteiger partial charge in [-0.25, -0.2) is 4.99 Å². The van der Waals surface area contributed by atoms with Gasteiger partial charge in [0.15, 0.2) is 0 Å². The smallest absolute Gasteiger partial charge is 0.432 e. The molecule has 0 radical (unpaired) electrons. The van der Waals surface area contributed by atoms with Gasteiger partial charge in [0.25, 0.3) is 0 Å². The molecule has 1 heterocycles. The molecule has 0 aliphatic carbocycles. The van der Waals surface area contributed by atoms with E-state index in [1.165, 1.54) is 19.4 Å². The van der Waals surface area contributed by atoms with Crippen molar-refractivity contribution in [2.45, 2.75) is 6.18 Å². The maximum atomic E-state index is 12.1. The predicted octanol–water partition coefficient (Wildman–Crippen LogP) is 2.00. The van der Waals surface area contributed by atoms with Crippen LogP contribution in [0.5, 0.6) is 5.75 Å². The summed E-state index contributed by atoms with van der Waals surface area (Å²) >= 11 is 0. The quantitative estimate of drug-likeness (QED) is 0.809. The molecule has 0 spiro atoms. The number of hydrogen-bond acceptors (Lipinski definition) is 2. The van der Waals surface area contributed by atoms with Crippen LogP contribution in [0.15, 0.2) is 35.6 Å². The van der Waals surface area contributed by atoms with Crippen LogP contribution in [0, 0.1) is 0 Å². The third kappa shape index (κ3) is 3.16. The summed E-state index contributed by atoms with van der Waals surface area (Å²) < 4.78 is 41.1. The van der Waals surface area contributed by atoms with Crippen molar-refractivity contribution in [3.63, 3.8) is 0 Å². The average Bonchev–Trinajstić information content (AvgIpc) is 2.16. The van der Waals surface area contributed by atoms with Crippen LogP contribution in [0.1, 0.15) is 0 Å². The van der Waals surface area contributed by atoms with E-state index in [0.29, 0.717) is 5.75 Å². The molecule has 0 bridgehead atoms. The summed E-state index contributed by atoms with van der Waals surface area (Å²) in [5.41, 5.74) is -1.12. The van der Waals surface area contributed by atoms with Gasteiger partial charge in [-0.1, -0.05) is 6.58 Å². The summed E-state index contributed by atoms with van der Waals surface area (Å²) in [6.45, 7) is 2.82. The van der Waals surface area contributed by atoms with Gasteiger partial charge in [-0.15, -0.1) is 0 Å². The number of allylic oxidation sites excluding steroid dienone is 1. The molecule has 3 nitrogen and oxygen atoms in total. The van der Waals surface area contributed by atoms with Gasteiger partial charge in [0, 0.05) is 12.3 Å². The van der Waals surface area contributed by atoms with E-state index in [1.54, 1.807) is 6.07 Å². The molecule has 1 aromatic heterocycles. The van der Waals surface area contributed by atoms with Crippen molar-refractivity contribution in [1.82, 2.24) is 4.98 Å². The lowest BCUT2D eigenvalue weighted by Crippen LogP contribution is -2.14. The monoisotopic (exact) mass is 218 g/mol. The van der Waals surface area contributed by atoms with Crippen molar-refractivity contribution < 1.29 is 17.9 Å². The first-order valence-electron chi connectivity index (χ1n) is 3.97. The Balaban J connectivity index is 3.06. The number of rotatable bonds is 2. The Hall–Kier alpha value is -1.72. The molecule has 0 amide bonds. The SMILES string of the molecule is C=C(/N=c1/cc(OC)cc[nH]1)C(F)(F)F. The molecule has 0 unspecified atom stereocenters. The van der Waals surface area contributed by atoms with E-state index in [2.05, 4.69) is 16.6 Å². The number of H-pyrrole nitrogens is 1. The third-order valence-corrected chi connectivity index (χ3v) is 1.58. The van der Waals surface area contributed by atoms with Crippen molar-refractivity contribution in [1.29, 1.82) is 0 Å². The van der Waals surface area contributed by atoms with Gasteiger partial charge in [0.2, 0.25) is 0 Å². The number of nitrogens with zero attached hydrogens (tertiary/aromatic N) is 1. The van der Waals surface area contributed by atoms with E-state index in [1.807, 2.05) is 0 Å². The summed E-state index contributed by atoms with van der Waals surface area (Å²) in [4.78, 5) is 5.82. The molecule has 15 heavy (non-hydrogen) atoms. The highest BCUT2D eigenvalue weighted by atomic mass is 19.4. The van der Waals surface area contributed by atoms with Crippen LogP contribution in [-0.2, 0) is 0 Å². The first-order valence-corrected chi connectivity index (χ1v) is 3.97. The molecule has 6 heteroatoms. The summed E-state index contributed by atoms with van der Waals surface area (Å²) in [5, 5.41) is 0. The summed E-state index contributed by atoms with van der Waals surface area (Å²) in [6.07, 6.45) is -3.09. The van der Waals surface area contributed by atoms with E-state index in [-0.39, 0.29) is 5.49 Å². The fraction of sp³-hybridized carbons (Fsp3) is 0.222. The lowest BCUT2D eigenvalue weighted by molar-refractivity contribution is -0.0923. The van der Waals surface area contributed by atoms with Crippen LogP contribution >= 0.6 is 0 Å². The number of methoxy groups -OCH3 is 1. The van der Waals surface area contributed by atoms with Crippen LogP contribution in [0.25, 0.3) is 0 Å². The topological polar surface area (TPSA) is 37.4 Å². The first-order chi connectivity index (χ1) is 6.93. The Morgan fingerprint density at radius 3 is 2.73 bits per heavy atom. The molecule has 0 fully saturated rings. The molecule has 0 atom stereocenters. The molecule has 1 N–H and O–H groups in total. The van der Waals surface area contributed by atoms with E-state index >= 15 is 0 Å². The van der Waals surface area contributed by atoms with Crippen LogP contribution in [0.4, 0.5) is 13.2 Å². The van der Waals surface area contributed by atoms with E-state index in [0.717, 1.165) is 0 Å². The molecular weight excluding hydrogens is 209 g/mol. The second-order valence-electron chi connectivity index (χ2n) is 2.67. The van der Waals surface area contributed by atoms with Gasteiger partial charge in [-0.05, 0) is 6.07 Å². The molecule has 0 saturated heterocycles. The number of pyridine rings is 1. The minimum absolute atomic E-state index is 0.0386.